The van der Waals surface area contributed by atoms with Gasteiger partial charge in [-0.3, -0.25) is 14.8 Å². The van der Waals surface area contributed by atoms with Gasteiger partial charge in [0.15, 0.2) is 0 Å². The Labute approximate surface area is 167 Å². The first kappa shape index (κ1) is 20.4. The van der Waals surface area contributed by atoms with E-state index in [1.165, 1.54) is 5.56 Å². The topological polar surface area (TPSA) is 61.5 Å². The molecule has 1 atom stereocenters. The fourth-order valence-electron chi connectivity index (χ4n) is 3.49. The Morgan fingerprint density at radius 2 is 2.07 bits per heavy atom. The average molecular weight is 385 g/mol. The van der Waals surface area contributed by atoms with E-state index in [1.807, 2.05) is 12.1 Å². The summed E-state index contributed by atoms with van der Waals surface area (Å²) in [7, 11) is 3.60. The number of hydrogen-bond acceptors (Lipinski definition) is 4. The lowest BCUT2D eigenvalue weighted by atomic mass is 10.0. The fraction of sp³-hybridized carbons (Fsp3) is 0.545. The third-order valence-electron chi connectivity index (χ3n) is 5.39. The summed E-state index contributed by atoms with van der Waals surface area (Å²) in [6, 6.07) is 10.5. The molecule has 1 N–H and O–H groups in total. The van der Waals surface area contributed by atoms with Crippen molar-refractivity contribution in [1.82, 2.24) is 20.0 Å². The van der Waals surface area contributed by atoms with Crippen molar-refractivity contribution in [3.05, 3.63) is 47.3 Å². The van der Waals surface area contributed by atoms with Crippen LogP contribution < -0.4 is 4.74 Å². The van der Waals surface area contributed by atoms with Crippen LogP contribution in [0.2, 0.25) is 0 Å². The molecule has 152 valence electrons. The number of nitrogens with zero attached hydrogens (tertiary/aromatic N) is 3. The van der Waals surface area contributed by atoms with Crippen molar-refractivity contribution in [3.8, 4) is 5.75 Å². The summed E-state index contributed by atoms with van der Waals surface area (Å²) in [6.07, 6.45) is 1.85. The van der Waals surface area contributed by atoms with E-state index in [-0.39, 0.29) is 5.91 Å². The minimum absolute atomic E-state index is 0.155. The van der Waals surface area contributed by atoms with E-state index in [4.69, 9.17) is 4.74 Å². The summed E-state index contributed by atoms with van der Waals surface area (Å²) < 4.78 is 5.86. The van der Waals surface area contributed by atoms with Crippen LogP contribution in [-0.2, 0) is 11.2 Å². The van der Waals surface area contributed by atoms with Gasteiger partial charge < -0.3 is 9.64 Å². The number of amides is 1. The number of H-pyrrole nitrogens is 1. The van der Waals surface area contributed by atoms with Gasteiger partial charge in [0.2, 0.25) is 5.91 Å². The molecular formula is C22H32N4O2. The second kappa shape index (κ2) is 9.24. The molecule has 1 saturated heterocycles. The molecule has 0 bridgehead atoms. The van der Waals surface area contributed by atoms with Crippen LogP contribution in [0.1, 0.15) is 49.1 Å². The molecule has 1 amide bonds. The van der Waals surface area contributed by atoms with Gasteiger partial charge in [-0.1, -0.05) is 26.0 Å². The second-order valence-corrected chi connectivity index (χ2v) is 8.15. The van der Waals surface area contributed by atoms with E-state index >= 15 is 0 Å². The third kappa shape index (κ3) is 5.35. The van der Waals surface area contributed by atoms with E-state index in [0.717, 1.165) is 43.1 Å². The molecule has 1 aromatic heterocycles. The van der Waals surface area contributed by atoms with Crippen molar-refractivity contribution in [2.45, 2.75) is 38.5 Å². The lowest BCUT2D eigenvalue weighted by Crippen LogP contribution is -2.35. The van der Waals surface area contributed by atoms with Crippen LogP contribution in [0.25, 0.3) is 0 Å². The highest BCUT2D eigenvalue weighted by molar-refractivity contribution is 5.77. The van der Waals surface area contributed by atoms with Gasteiger partial charge >= 0.3 is 0 Å². The first-order chi connectivity index (χ1) is 13.4. The lowest BCUT2D eigenvalue weighted by molar-refractivity contribution is -0.129. The molecule has 2 aromatic rings. The van der Waals surface area contributed by atoms with E-state index in [0.29, 0.717) is 25.0 Å². The van der Waals surface area contributed by atoms with E-state index in [2.05, 4.69) is 47.1 Å². The number of hydrogen-bond donors (Lipinski definition) is 1. The Kier molecular flexibility index (Phi) is 6.73. The Hall–Kier alpha value is -2.34. The summed E-state index contributed by atoms with van der Waals surface area (Å²) in [5.41, 5.74) is 3.51. The molecule has 28 heavy (non-hydrogen) atoms. The fourth-order valence-corrected chi connectivity index (χ4v) is 3.49. The van der Waals surface area contributed by atoms with Gasteiger partial charge in [0.05, 0.1) is 18.8 Å². The molecule has 0 aliphatic carbocycles. The summed E-state index contributed by atoms with van der Waals surface area (Å²) in [5, 5.41) is 7.64. The Bertz CT molecular complexity index is 767. The molecule has 3 rings (SSSR count). The van der Waals surface area contributed by atoms with Crippen molar-refractivity contribution >= 4 is 5.91 Å². The quantitative estimate of drug-likeness (QED) is 0.760. The Balaban J connectivity index is 1.45. The van der Waals surface area contributed by atoms with Crippen LogP contribution in [0.5, 0.6) is 5.75 Å². The maximum atomic E-state index is 11.9. The number of nitrogens with one attached hydrogen (secondary N) is 1. The molecule has 1 aromatic carbocycles. The second-order valence-electron chi connectivity index (χ2n) is 8.15. The SMILES string of the molecule is CC(C)c1ccc(OCCc2cc([C@@H]3CCN(CC(=O)N(C)C)C3)n[nH]2)cc1. The van der Waals surface area contributed by atoms with Crippen molar-refractivity contribution in [2.24, 2.45) is 0 Å². The average Bonchev–Trinajstić information content (AvgIpc) is 3.31. The number of ether oxygens (including phenoxy) is 1. The largest absolute Gasteiger partial charge is 0.493 e. The zero-order chi connectivity index (χ0) is 20.1. The number of rotatable bonds is 8. The highest BCUT2D eigenvalue weighted by atomic mass is 16.5. The van der Waals surface area contributed by atoms with Crippen LogP contribution in [0, 0.1) is 0 Å². The standard InChI is InChI=1S/C22H32N4O2/c1-16(2)17-5-7-20(8-6-17)28-12-10-19-13-21(24-23-19)18-9-11-26(14-18)15-22(27)25(3)4/h5-8,13,16,18H,9-12,14-15H2,1-4H3,(H,23,24)/t18-/m1/s1. The van der Waals surface area contributed by atoms with Crippen LogP contribution in [0.3, 0.4) is 0 Å². The summed E-state index contributed by atoms with van der Waals surface area (Å²) >= 11 is 0. The first-order valence-electron chi connectivity index (χ1n) is 10.1. The monoisotopic (exact) mass is 384 g/mol. The summed E-state index contributed by atoms with van der Waals surface area (Å²) in [5.74, 6) is 1.98. The molecular weight excluding hydrogens is 352 g/mol. The molecule has 6 nitrogen and oxygen atoms in total. The Morgan fingerprint density at radius 1 is 1.32 bits per heavy atom. The molecule has 2 heterocycles. The number of carbonyl (C=O) groups excluding carboxylic acids is 1. The smallest absolute Gasteiger partial charge is 0.236 e. The van der Waals surface area contributed by atoms with Gasteiger partial charge in [0.1, 0.15) is 5.75 Å². The number of aromatic amines is 1. The highest BCUT2D eigenvalue weighted by Crippen LogP contribution is 2.26. The molecule has 1 aliphatic heterocycles. The van der Waals surface area contributed by atoms with E-state index < -0.39 is 0 Å². The number of likely N-dealkylation sites (N-methyl/N-ethyl adjacent to an activating group) is 1. The summed E-state index contributed by atoms with van der Waals surface area (Å²) in [6.45, 7) is 7.33. The molecule has 1 aliphatic rings. The molecule has 0 spiro atoms. The highest BCUT2D eigenvalue weighted by Gasteiger charge is 2.27. The maximum Gasteiger partial charge on any atom is 0.236 e. The number of aromatic nitrogens is 2. The minimum Gasteiger partial charge on any atom is -0.493 e. The van der Waals surface area contributed by atoms with Crippen molar-refractivity contribution < 1.29 is 9.53 Å². The van der Waals surface area contributed by atoms with Crippen LogP contribution in [-0.4, -0.2) is 66.2 Å². The van der Waals surface area contributed by atoms with Crippen LogP contribution in [0.15, 0.2) is 30.3 Å². The van der Waals surface area contributed by atoms with Gasteiger partial charge in [-0.25, -0.2) is 0 Å². The first-order valence-corrected chi connectivity index (χ1v) is 10.1. The van der Waals surface area contributed by atoms with Gasteiger partial charge in [0.25, 0.3) is 0 Å². The van der Waals surface area contributed by atoms with Gasteiger partial charge in [-0.15, -0.1) is 0 Å². The molecule has 6 heteroatoms. The van der Waals surface area contributed by atoms with Gasteiger partial charge in [0, 0.05) is 38.7 Å². The molecule has 0 saturated carbocycles. The predicted molar refractivity (Wildman–Crippen MR) is 111 cm³/mol. The normalized spacial score (nSPS) is 17.2. The Morgan fingerprint density at radius 3 is 2.75 bits per heavy atom. The van der Waals surface area contributed by atoms with Gasteiger partial charge in [-0.2, -0.15) is 5.10 Å². The number of benzene rings is 1. The molecule has 0 unspecified atom stereocenters. The van der Waals surface area contributed by atoms with E-state index in [1.54, 1.807) is 19.0 Å². The maximum absolute atomic E-state index is 11.9. The molecule has 0 radical (unpaired) electrons. The van der Waals surface area contributed by atoms with E-state index in [9.17, 15) is 4.79 Å². The van der Waals surface area contributed by atoms with Crippen molar-refractivity contribution in [1.29, 1.82) is 0 Å². The number of carbonyl (C=O) groups is 1. The number of likely N-dealkylation sites (tertiary alicyclic amines) is 1. The molecule has 1 fully saturated rings. The summed E-state index contributed by atoms with van der Waals surface area (Å²) in [4.78, 5) is 15.7. The van der Waals surface area contributed by atoms with Crippen molar-refractivity contribution in [2.75, 3.05) is 40.3 Å². The van der Waals surface area contributed by atoms with Crippen molar-refractivity contribution in [3.63, 3.8) is 0 Å². The van der Waals surface area contributed by atoms with Crippen LogP contribution >= 0.6 is 0 Å². The predicted octanol–water partition coefficient (Wildman–Crippen LogP) is 3.03. The zero-order valence-electron chi connectivity index (χ0n) is 17.4. The zero-order valence-corrected chi connectivity index (χ0v) is 17.4. The minimum atomic E-state index is 0.155. The van der Waals surface area contributed by atoms with Crippen LogP contribution in [0.4, 0.5) is 0 Å². The van der Waals surface area contributed by atoms with Gasteiger partial charge in [-0.05, 0) is 42.6 Å². The third-order valence-corrected chi connectivity index (χ3v) is 5.39. The lowest BCUT2D eigenvalue weighted by Gasteiger charge is -2.17.